The molecule has 1 aromatic heterocycles. The van der Waals surface area contributed by atoms with Crippen molar-refractivity contribution in [2.75, 3.05) is 5.32 Å². The number of hydrogen-bond donors (Lipinski definition) is 2. The van der Waals surface area contributed by atoms with Crippen molar-refractivity contribution in [2.24, 2.45) is 5.73 Å². The molecule has 1 aliphatic rings. The van der Waals surface area contributed by atoms with E-state index in [2.05, 4.69) is 21.2 Å². The fraction of sp³-hybridized carbons (Fsp3) is 0.188. The lowest BCUT2D eigenvalue weighted by atomic mass is 10.1. The van der Waals surface area contributed by atoms with E-state index in [0.717, 1.165) is 24.0 Å². The summed E-state index contributed by atoms with van der Waals surface area (Å²) in [5.41, 5.74) is 7.69. The Kier molecular flexibility index (Phi) is 3.28. The smallest absolute Gasteiger partial charge is 0.269 e. The van der Waals surface area contributed by atoms with Crippen molar-refractivity contribution in [3.8, 4) is 23.7 Å². The van der Waals surface area contributed by atoms with E-state index in [9.17, 15) is 4.79 Å². The van der Waals surface area contributed by atoms with E-state index in [-0.39, 0.29) is 5.69 Å². The van der Waals surface area contributed by atoms with Gasteiger partial charge in [0.05, 0.1) is 11.9 Å². The van der Waals surface area contributed by atoms with Gasteiger partial charge in [0.25, 0.3) is 5.91 Å². The van der Waals surface area contributed by atoms with Crippen LogP contribution in [0.5, 0.6) is 0 Å². The Labute approximate surface area is 122 Å². The molecule has 1 heterocycles. The minimum Gasteiger partial charge on any atom is -0.379 e. The van der Waals surface area contributed by atoms with Crippen LogP contribution < -0.4 is 11.1 Å². The maximum atomic E-state index is 11.6. The Balaban J connectivity index is 2.01. The maximum absolute atomic E-state index is 11.6. The van der Waals surface area contributed by atoms with Gasteiger partial charge in [-0.25, -0.2) is 9.97 Å². The SMILES string of the molecule is C#Cc1cccc(-c2ncc(NC3CC3)c(C(N)=O)n2)c1. The van der Waals surface area contributed by atoms with Gasteiger partial charge in [-0.15, -0.1) is 6.42 Å². The zero-order valence-electron chi connectivity index (χ0n) is 11.3. The molecule has 21 heavy (non-hydrogen) atoms. The molecule has 3 N–H and O–H groups in total. The first kappa shape index (κ1) is 13.1. The Hall–Kier alpha value is -2.87. The number of aromatic nitrogens is 2. The molecule has 0 saturated heterocycles. The van der Waals surface area contributed by atoms with Crippen molar-refractivity contribution in [2.45, 2.75) is 18.9 Å². The lowest BCUT2D eigenvalue weighted by molar-refractivity contribution is 0.0996. The van der Waals surface area contributed by atoms with Crippen molar-refractivity contribution >= 4 is 11.6 Å². The van der Waals surface area contributed by atoms with Crippen LogP contribution in [0.3, 0.4) is 0 Å². The number of rotatable bonds is 4. The van der Waals surface area contributed by atoms with Crippen LogP contribution in [-0.4, -0.2) is 21.9 Å². The van der Waals surface area contributed by atoms with E-state index < -0.39 is 5.91 Å². The van der Waals surface area contributed by atoms with Crippen molar-refractivity contribution in [1.29, 1.82) is 0 Å². The summed E-state index contributed by atoms with van der Waals surface area (Å²) in [6, 6.07) is 7.68. The van der Waals surface area contributed by atoms with Gasteiger partial charge in [0.15, 0.2) is 11.5 Å². The number of terminal acetylenes is 1. The summed E-state index contributed by atoms with van der Waals surface area (Å²) in [4.78, 5) is 20.2. The first-order valence-electron chi connectivity index (χ1n) is 6.68. The summed E-state index contributed by atoms with van der Waals surface area (Å²) in [5.74, 6) is 2.42. The molecule has 3 rings (SSSR count). The Morgan fingerprint density at radius 2 is 2.24 bits per heavy atom. The van der Waals surface area contributed by atoms with Gasteiger partial charge in [0, 0.05) is 17.2 Å². The first-order chi connectivity index (χ1) is 10.2. The quantitative estimate of drug-likeness (QED) is 0.836. The average molecular weight is 278 g/mol. The molecule has 1 fully saturated rings. The van der Waals surface area contributed by atoms with Gasteiger partial charge in [-0.3, -0.25) is 4.79 Å². The highest BCUT2D eigenvalue weighted by Gasteiger charge is 2.24. The summed E-state index contributed by atoms with van der Waals surface area (Å²) < 4.78 is 0. The van der Waals surface area contributed by atoms with E-state index in [4.69, 9.17) is 12.2 Å². The predicted molar refractivity (Wildman–Crippen MR) is 80.6 cm³/mol. The molecule has 0 atom stereocenters. The van der Waals surface area contributed by atoms with E-state index in [1.54, 1.807) is 12.3 Å². The van der Waals surface area contributed by atoms with Gasteiger partial charge in [-0.2, -0.15) is 0 Å². The molecule has 1 aliphatic carbocycles. The highest BCUT2D eigenvalue weighted by Crippen LogP contribution is 2.27. The Bertz CT molecular complexity index is 744. The standard InChI is InChI=1S/C16H14N4O/c1-2-10-4-3-5-11(8-10)16-18-9-13(19-12-6-7-12)14(20-16)15(17)21/h1,3-5,8-9,12,19H,6-7H2,(H2,17,21). The fourth-order valence-corrected chi connectivity index (χ4v) is 2.01. The second-order valence-electron chi connectivity index (χ2n) is 4.96. The zero-order chi connectivity index (χ0) is 14.8. The van der Waals surface area contributed by atoms with Crippen molar-refractivity contribution in [3.05, 3.63) is 41.7 Å². The predicted octanol–water partition coefficient (Wildman–Crippen LogP) is 1.80. The van der Waals surface area contributed by atoms with Gasteiger partial charge < -0.3 is 11.1 Å². The third kappa shape index (κ3) is 2.84. The number of nitrogens with one attached hydrogen (secondary N) is 1. The molecule has 104 valence electrons. The number of benzene rings is 1. The monoisotopic (exact) mass is 278 g/mol. The molecule has 0 unspecified atom stereocenters. The van der Waals surface area contributed by atoms with Crippen LogP contribution in [0, 0.1) is 12.3 Å². The van der Waals surface area contributed by atoms with Crippen LogP contribution in [0.25, 0.3) is 11.4 Å². The third-order valence-corrected chi connectivity index (χ3v) is 3.25. The largest absolute Gasteiger partial charge is 0.379 e. The minimum atomic E-state index is -0.574. The molecular weight excluding hydrogens is 264 g/mol. The molecule has 5 heteroatoms. The lowest BCUT2D eigenvalue weighted by Gasteiger charge is -2.09. The van der Waals surface area contributed by atoms with Gasteiger partial charge in [0.2, 0.25) is 0 Å². The molecule has 1 aromatic carbocycles. The molecular formula is C16H14N4O. The van der Waals surface area contributed by atoms with Crippen LogP contribution in [0.1, 0.15) is 28.9 Å². The van der Waals surface area contributed by atoms with Crippen LogP contribution in [-0.2, 0) is 0 Å². The minimum absolute atomic E-state index is 0.206. The van der Waals surface area contributed by atoms with Crippen LogP contribution >= 0.6 is 0 Å². The van der Waals surface area contributed by atoms with Crippen LogP contribution in [0.15, 0.2) is 30.5 Å². The van der Waals surface area contributed by atoms with Crippen molar-refractivity contribution in [3.63, 3.8) is 0 Å². The molecule has 1 saturated carbocycles. The number of nitrogens with two attached hydrogens (primary N) is 1. The lowest BCUT2D eigenvalue weighted by Crippen LogP contribution is -2.18. The number of hydrogen-bond acceptors (Lipinski definition) is 4. The molecule has 0 bridgehead atoms. The van der Waals surface area contributed by atoms with Crippen molar-refractivity contribution < 1.29 is 4.79 Å². The third-order valence-electron chi connectivity index (χ3n) is 3.25. The molecule has 5 nitrogen and oxygen atoms in total. The number of anilines is 1. The van der Waals surface area contributed by atoms with Gasteiger partial charge in [-0.05, 0) is 25.0 Å². The highest BCUT2D eigenvalue weighted by molar-refractivity contribution is 5.96. The zero-order valence-corrected chi connectivity index (χ0v) is 11.3. The summed E-state index contributed by atoms with van der Waals surface area (Å²) >= 11 is 0. The normalized spacial score (nSPS) is 13.5. The number of nitrogens with zero attached hydrogens (tertiary/aromatic N) is 2. The van der Waals surface area contributed by atoms with Crippen LogP contribution in [0.2, 0.25) is 0 Å². The van der Waals surface area contributed by atoms with E-state index in [0.29, 0.717) is 17.6 Å². The molecule has 1 amide bonds. The Morgan fingerprint density at radius 1 is 1.43 bits per heavy atom. The van der Waals surface area contributed by atoms with Gasteiger partial charge >= 0.3 is 0 Å². The van der Waals surface area contributed by atoms with E-state index in [1.807, 2.05) is 18.2 Å². The van der Waals surface area contributed by atoms with Crippen molar-refractivity contribution in [1.82, 2.24) is 9.97 Å². The summed E-state index contributed by atoms with van der Waals surface area (Å²) in [5, 5.41) is 3.21. The molecule has 2 aromatic rings. The average Bonchev–Trinajstić information content (AvgIpc) is 3.31. The highest BCUT2D eigenvalue weighted by atomic mass is 16.1. The fourth-order valence-electron chi connectivity index (χ4n) is 2.01. The van der Waals surface area contributed by atoms with E-state index >= 15 is 0 Å². The van der Waals surface area contributed by atoms with Crippen LogP contribution in [0.4, 0.5) is 5.69 Å². The summed E-state index contributed by atoms with van der Waals surface area (Å²) in [7, 11) is 0. The summed E-state index contributed by atoms with van der Waals surface area (Å²) in [6.07, 6.45) is 9.16. The molecule has 0 spiro atoms. The van der Waals surface area contributed by atoms with E-state index in [1.165, 1.54) is 0 Å². The second kappa shape index (κ2) is 5.25. The maximum Gasteiger partial charge on any atom is 0.269 e. The number of amides is 1. The number of carbonyl (C=O) groups excluding carboxylic acids is 1. The number of primary amides is 1. The van der Waals surface area contributed by atoms with Gasteiger partial charge in [0.1, 0.15) is 0 Å². The number of carbonyl (C=O) groups is 1. The first-order valence-corrected chi connectivity index (χ1v) is 6.68. The Morgan fingerprint density at radius 3 is 2.90 bits per heavy atom. The molecule has 0 radical (unpaired) electrons. The van der Waals surface area contributed by atoms with Gasteiger partial charge in [-0.1, -0.05) is 18.1 Å². The second-order valence-corrected chi connectivity index (χ2v) is 4.96. The topological polar surface area (TPSA) is 80.9 Å². The molecule has 0 aliphatic heterocycles. The summed E-state index contributed by atoms with van der Waals surface area (Å²) in [6.45, 7) is 0.